The van der Waals surface area contributed by atoms with E-state index in [4.69, 9.17) is 9.47 Å². The van der Waals surface area contributed by atoms with Crippen molar-refractivity contribution in [2.75, 3.05) is 13.7 Å². The normalized spacial score (nSPS) is 12.2. The van der Waals surface area contributed by atoms with Gasteiger partial charge in [0.2, 0.25) is 0 Å². The molecule has 0 aromatic carbocycles. The molecule has 0 aromatic heterocycles. The van der Waals surface area contributed by atoms with Crippen LogP contribution in [0.4, 0.5) is 0 Å². The second-order valence-electron chi connectivity index (χ2n) is 13.7. The zero-order valence-electron chi connectivity index (χ0n) is 35.5. The lowest BCUT2D eigenvalue weighted by Gasteiger charge is -2.17. The Hall–Kier alpha value is -1.51. The Labute approximate surface area is 305 Å². The Kier molecular flexibility index (Phi) is 50.5. The van der Waals surface area contributed by atoms with E-state index >= 15 is 0 Å². The van der Waals surface area contributed by atoms with Crippen LogP contribution in [0, 0.1) is 5.92 Å². The maximum Gasteiger partial charge on any atom is 0.140 e. The predicted molar refractivity (Wildman–Crippen MR) is 223 cm³/mol. The van der Waals surface area contributed by atoms with Gasteiger partial charge in [-0.2, -0.15) is 0 Å². The van der Waals surface area contributed by atoms with Crippen molar-refractivity contribution in [3.8, 4) is 0 Å². The molecule has 0 amide bonds. The van der Waals surface area contributed by atoms with Crippen LogP contribution in [0.3, 0.4) is 0 Å². The third-order valence-electron chi connectivity index (χ3n) is 8.33. The molecular formula is C45H91NO2. The molecule has 0 rings (SSSR count). The van der Waals surface area contributed by atoms with Gasteiger partial charge in [-0.25, -0.2) is 0 Å². The van der Waals surface area contributed by atoms with Crippen LogP contribution in [0.5, 0.6) is 0 Å². The molecule has 0 aliphatic heterocycles. The topological polar surface area (TPSA) is 30.8 Å². The SMILES string of the molecule is C/C=C(/OCCCCCC)C(=NC)/C(=C/CCC)CC.C=C(C)OC(C)C(C)C.CCCCC.CCCCCCCCCCCCCC. The fourth-order valence-electron chi connectivity index (χ4n) is 4.86. The smallest absolute Gasteiger partial charge is 0.140 e. The van der Waals surface area contributed by atoms with E-state index in [1.54, 1.807) is 0 Å². The van der Waals surface area contributed by atoms with Gasteiger partial charge in [-0.15, -0.1) is 0 Å². The number of ether oxygens (including phenoxy) is 2. The van der Waals surface area contributed by atoms with Gasteiger partial charge in [0.25, 0.3) is 0 Å². The van der Waals surface area contributed by atoms with Crippen molar-refractivity contribution in [3.63, 3.8) is 0 Å². The zero-order valence-corrected chi connectivity index (χ0v) is 35.5. The molecule has 0 radical (unpaired) electrons. The molecule has 288 valence electrons. The predicted octanol–water partition coefficient (Wildman–Crippen LogP) is 16.2. The van der Waals surface area contributed by atoms with Crippen LogP contribution in [0.1, 0.15) is 224 Å². The summed E-state index contributed by atoms with van der Waals surface area (Å²) < 4.78 is 11.3. The van der Waals surface area contributed by atoms with Crippen LogP contribution >= 0.6 is 0 Å². The average molecular weight is 678 g/mol. The van der Waals surface area contributed by atoms with Gasteiger partial charge >= 0.3 is 0 Å². The highest BCUT2D eigenvalue weighted by Crippen LogP contribution is 2.16. The first-order valence-electron chi connectivity index (χ1n) is 20.9. The highest BCUT2D eigenvalue weighted by Gasteiger charge is 2.11. The summed E-state index contributed by atoms with van der Waals surface area (Å²) in [6, 6.07) is 0. The molecule has 0 aliphatic carbocycles. The van der Waals surface area contributed by atoms with Crippen molar-refractivity contribution in [1.29, 1.82) is 0 Å². The second-order valence-corrected chi connectivity index (χ2v) is 13.7. The molecule has 0 fully saturated rings. The first-order valence-corrected chi connectivity index (χ1v) is 20.9. The number of rotatable bonds is 27. The lowest BCUT2D eigenvalue weighted by atomic mass is 10.0. The fourth-order valence-corrected chi connectivity index (χ4v) is 4.86. The van der Waals surface area contributed by atoms with Crippen molar-refractivity contribution in [3.05, 3.63) is 35.8 Å². The first kappa shape index (κ1) is 53.3. The summed E-state index contributed by atoms with van der Waals surface area (Å²) in [4.78, 5) is 4.45. The van der Waals surface area contributed by atoms with Gasteiger partial charge < -0.3 is 9.47 Å². The Morgan fingerprint density at radius 2 is 1.04 bits per heavy atom. The van der Waals surface area contributed by atoms with E-state index in [0.29, 0.717) is 12.0 Å². The molecule has 0 saturated carbocycles. The molecule has 0 saturated heterocycles. The van der Waals surface area contributed by atoms with Gasteiger partial charge in [0.1, 0.15) is 11.5 Å². The Bertz CT molecular complexity index is 704. The number of nitrogens with zero attached hydrogens (tertiary/aromatic N) is 1. The Morgan fingerprint density at radius 1 is 0.625 bits per heavy atom. The van der Waals surface area contributed by atoms with Gasteiger partial charge in [-0.3, -0.25) is 4.99 Å². The fraction of sp³-hybridized carbons (Fsp3) is 0.844. The van der Waals surface area contributed by atoms with Crippen LogP contribution in [-0.4, -0.2) is 25.5 Å². The highest BCUT2D eigenvalue weighted by atomic mass is 16.5. The van der Waals surface area contributed by atoms with E-state index in [-0.39, 0.29) is 0 Å². The number of allylic oxidation sites excluding steroid dienone is 4. The summed E-state index contributed by atoms with van der Waals surface area (Å²) in [5.41, 5.74) is 2.33. The van der Waals surface area contributed by atoms with Crippen molar-refractivity contribution in [2.24, 2.45) is 10.9 Å². The molecule has 0 heterocycles. The molecule has 0 spiro atoms. The van der Waals surface area contributed by atoms with Crippen molar-refractivity contribution >= 4 is 5.71 Å². The summed E-state index contributed by atoms with van der Waals surface area (Å²) in [6.07, 6.45) is 34.3. The molecule has 0 N–H and O–H groups in total. The molecule has 3 heteroatoms. The van der Waals surface area contributed by atoms with Gasteiger partial charge in [-0.05, 0) is 57.6 Å². The standard InChI is InChI=1S/C18H33NO.C14H30.C8H16O.C5H12/c1-6-10-12-13-15-20-17(9-4)18(19-5)16(8-3)14-11-7-2;1-3-5-7-9-11-13-14-12-10-8-6-4-2;1-6(2)8(5)9-7(3)4;1-3-5-4-2/h9,14H,6-8,10-13,15H2,1-5H3;3-14H2,1-2H3;6,8H,3H2,1-2,4-5H3;3-5H2,1-2H3/b16-14+,17-9+,19-18?;;;. The monoisotopic (exact) mass is 678 g/mol. The molecule has 1 atom stereocenters. The van der Waals surface area contributed by atoms with Crippen LogP contribution in [0.25, 0.3) is 0 Å². The zero-order chi connectivity index (χ0) is 37.3. The van der Waals surface area contributed by atoms with E-state index in [0.717, 1.165) is 43.1 Å². The van der Waals surface area contributed by atoms with E-state index in [9.17, 15) is 0 Å². The van der Waals surface area contributed by atoms with Crippen LogP contribution < -0.4 is 0 Å². The van der Waals surface area contributed by atoms with Crippen LogP contribution in [-0.2, 0) is 9.47 Å². The van der Waals surface area contributed by atoms with Crippen molar-refractivity contribution in [1.82, 2.24) is 0 Å². The summed E-state index contributed by atoms with van der Waals surface area (Å²) >= 11 is 0. The molecule has 0 aliphatic rings. The molecular weight excluding hydrogens is 587 g/mol. The first-order chi connectivity index (χ1) is 23.1. The second kappa shape index (κ2) is 45.5. The molecule has 48 heavy (non-hydrogen) atoms. The quantitative estimate of drug-likeness (QED) is 0.0492. The van der Waals surface area contributed by atoms with Crippen molar-refractivity contribution < 1.29 is 9.47 Å². The van der Waals surface area contributed by atoms with Gasteiger partial charge in [0.15, 0.2) is 0 Å². The number of unbranched alkanes of at least 4 members (excludes halogenated alkanes) is 17. The number of hydrogen-bond donors (Lipinski definition) is 0. The molecule has 3 nitrogen and oxygen atoms in total. The van der Waals surface area contributed by atoms with Crippen molar-refractivity contribution in [2.45, 2.75) is 230 Å². The lowest BCUT2D eigenvalue weighted by Crippen LogP contribution is -2.13. The third kappa shape index (κ3) is 42.5. The minimum absolute atomic E-state index is 0.294. The Balaban J connectivity index is -0.000000299. The number of hydrogen-bond acceptors (Lipinski definition) is 3. The van der Waals surface area contributed by atoms with E-state index in [1.807, 2.05) is 27.0 Å². The molecule has 0 bridgehead atoms. The summed E-state index contributed by atoms with van der Waals surface area (Å²) in [6.45, 7) is 30.3. The average Bonchev–Trinajstić information content (AvgIpc) is 3.07. The van der Waals surface area contributed by atoms with Crippen LogP contribution in [0.15, 0.2) is 40.8 Å². The minimum Gasteiger partial charge on any atom is -0.496 e. The summed E-state index contributed by atoms with van der Waals surface area (Å²) in [7, 11) is 1.86. The maximum atomic E-state index is 5.94. The van der Waals surface area contributed by atoms with E-state index in [1.165, 1.54) is 128 Å². The molecule has 0 aromatic rings. The lowest BCUT2D eigenvalue weighted by molar-refractivity contribution is 0.0948. The third-order valence-corrected chi connectivity index (χ3v) is 8.33. The maximum absolute atomic E-state index is 5.94. The molecule has 1 unspecified atom stereocenters. The summed E-state index contributed by atoms with van der Waals surface area (Å²) in [5.74, 6) is 2.31. The van der Waals surface area contributed by atoms with Gasteiger partial charge in [-0.1, -0.05) is 197 Å². The largest absolute Gasteiger partial charge is 0.496 e. The van der Waals surface area contributed by atoms with Crippen LogP contribution in [0.2, 0.25) is 0 Å². The summed E-state index contributed by atoms with van der Waals surface area (Å²) in [5, 5.41) is 0. The van der Waals surface area contributed by atoms with Gasteiger partial charge in [0.05, 0.1) is 18.5 Å². The highest BCUT2D eigenvalue weighted by molar-refractivity contribution is 6.10. The Morgan fingerprint density at radius 3 is 1.31 bits per heavy atom. The number of aliphatic imine (C=N–C) groups is 1. The van der Waals surface area contributed by atoms with E-state index in [2.05, 4.69) is 86.9 Å². The van der Waals surface area contributed by atoms with Gasteiger partial charge in [0, 0.05) is 7.05 Å². The minimum atomic E-state index is 0.294. The van der Waals surface area contributed by atoms with E-state index < -0.39 is 0 Å².